The number of carbonyl (C=O) groups is 1. The molecule has 2 heterocycles. The molecule has 3 rings (SSSR count). The van der Waals surface area contributed by atoms with Crippen LogP contribution < -0.4 is 5.32 Å². The number of hydrogen-bond donors (Lipinski definition) is 1. The molecule has 134 valence electrons. The molecule has 2 aromatic rings. The fraction of sp³-hybridized carbons (Fsp3) is 0.421. The lowest BCUT2D eigenvalue weighted by atomic mass is 10.0. The quantitative estimate of drug-likeness (QED) is 0.801. The van der Waals surface area contributed by atoms with Crippen LogP contribution in [0.2, 0.25) is 5.02 Å². The number of benzene rings is 1. The fourth-order valence-corrected chi connectivity index (χ4v) is 3.86. The smallest absolute Gasteiger partial charge is 0.220 e. The van der Waals surface area contributed by atoms with Gasteiger partial charge in [-0.1, -0.05) is 29.8 Å². The molecule has 25 heavy (non-hydrogen) atoms. The zero-order valence-corrected chi connectivity index (χ0v) is 15.7. The van der Waals surface area contributed by atoms with Crippen molar-refractivity contribution in [1.29, 1.82) is 0 Å². The lowest BCUT2D eigenvalue weighted by molar-refractivity contribution is -0.121. The molecule has 1 aromatic carbocycles. The van der Waals surface area contributed by atoms with Gasteiger partial charge in [0.25, 0.3) is 0 Å². The van der Waals surface area contributed by atoms with Gasteiger partial charge in [-0.3, -0.25) is 9.69 Å². The Kier molecular flexibility index (Phi) is 6.87. The Balaban J connectivity index is 1.58. The zero-order chi connectivity index (χ0) is 17.5. The second-order valence-electron chi connectivity index (χ2n) is 6.10. The van der Waals surface area contributed by atoms with Gasteiger partial charge >= 0.3 is 0 Å². The van der Waals surface area contributed by atoms with Gasteiger partial charge in [-0.2, -0.15) is 0 Å². The van der Waals surface area contributed by atoms with Crippen LogP contribution in [-0.2, 0) is 16.0 Å². The van der Waals surface area contributed by atoms with E-state index in [0.29, 0.717) is 13.0 Å². The Hall–Kier alpha value is -1.40. The maximum absolute atomic E-state index is 12.2. The van der Waals surface area contributed by atoms with Crippen molar-refractivity contribution in [2.45, 2.75) is 18.9 Å². The molecule has 0 spiro atoms. The van der Waals surface area contributed by atoms with Crippen molar-refractivity contribution >= 4 is 28.8 Å². The first kappa shape index (κ1) is 18.4. The van der Waals surface area contributed by atoms with Gasteiger partial charge in [0.15, 0.2) is 0 Å². The highest BCUT2D eigenvalue weighted by molar-refractivity contribution is 7.09. The van der Waals surface area contributed by atoms with Gasteiger partial charge in [0.05, 0.1) is 19.3 Å². The molecule has 1 atom stereocenters. The number of amides is 1. The highest BCUT2D eigenvalue weighted by atomic mass is 35.5. The fourth-order valence-electron chi connectivity index (χ4n) is 3.02. The number of hydrogen-bond acceptors (Lipinski definition) is 4. The number of carbonyl (C=O) groups excluding carboxylic acids is 1. The van der Waals surface area contributed by atoms with Crippen LogP contribution in [0.3, 0.4) is 0 Å². The van der Waals surface area contributed by atoms with Gasteiger partial charge in [0.2, 0.25) is 5.91 Å². The molecule has 0 bridgehead atoms. The molecule has 1 aliphatic rings. The van der Waals surface area contributed by atoms with E-state index in [0.717, 1.165) is 37.7 Å². The number of thiophene rings is 1. The average Bonchev–Trinajstić information content (AvgIpc) is 3.16. The molecule has 1 amide bonds. The number of rotatable bonds is 7. The minimum absolute atomic E-state index is 0.0978. The van der Waals surface area contributed by atoms with Crippen LogP contribution in [0.1, 0.15) is 22.9 Å². The minimum Gasteiger partial charge on any atom is -0.379 e. The number of morpholine rings is 1. The molecule has 1 fully saturated rings. The van der Waals surface area contributed by atoms with Gasteiger partial charge in [-0.25, -0.2) is 0 Å². The van der Waals surface area contributed by atoms with Gasteiger partial charge in [-0.05, 0) is 35.6 Å². The van der Waals surface area contributed by atoms with Crippen LogP contribution >= 0.6 is 22.9 Å². The first-order chi connectivity index (χ1) is 12.2. The number of halogens is 1. The third-order valence-electron chi connectivity index (χ3n) is 4.41. The Morgan fingerprint density at radius 1 is 1.24 bits per heavy atom. The molecule has 1 unspecified atom stereocenters. The molecule has 6 heteroatoms. The summed E-state index contributed by atoms with van der Waals surface area (Å²) in [5.74, 6) is 0.0978. The van der Waals surface area contributed by atoms with E-state index >= 15 is 0 Å². The molecule has 0 saturated carbocycles. The topological polar surface area (TPSA) is 41.6 Å². The SMILES string of the molecule is O=C(CCc1cccs1)NCC(c1ccc(Cl)cc1)N1CCOCC1. The molecule has 0 radical (unpaired) electrons. The van der Waals surface area contributed by atoms with Crippen molar-refractivity contribution in [3.63, 3.8) is 0 Å². The normalized spacial score (nSPS) is 16.5. The molecule has 1 aliphatic heterocycles. The van der Waals surface area contributed by atoms with E-state index in [-0.39, 0.29) is 11.9 Å². The minimum atomic E-state index is 0.0978. The van der Waals surface area contributed by atoms with E-state index in [1.807, 2.05) is 35.7 Å². The highest BCUT2D eigenvalue weighted by Gasteiger charge is 2.23. The standard InChI is InChI=1S/C19H23ClN2O2S/c20-16-5-3-15(4-6-16)18(22-9-11-24-12-10-22)14-21-19(23)8-7-17-2-1-13-25-17/h1-6,13,18H,7-12,14H2,(H,21,23). The van der Waals surface area contributed by atoms with Gasteiger partial charge in [-0.15, -0.1) is 11.3 Å². The van der Waals surface area contributed by atoms with Crippen LogP contribution in [0, 0.1) is 0 Å². The summed E-state index contributed by atoms with van der Waals surface area (Å²) in [6.45, 7) is 3.81. The van der Waals surface area contributed by atoms with Crippen molar-refractivity contribution in [3.8, 4) is 0 Å². The summed E-state index contributed by atoms with van der Waals surface area (Å²) in [5, 5.41) is 5.88. The van der Waals surface area contributed by atoms with Crippen molar-refractivity contribution in [2.24, 2.45) is 0 Å². The summed E-state index contributed by atoms with van der Waals surface area (Å²) >= 11 is 7.71. The molecular formula is C19H23ClN2O2S. The maximum atomic E-state index is 12.2. The summed E-state index contributed by atoms with van der Waals surface area (Å²) in [6.07, 6.45) is 1.32. The summed E-state index contributed by atoms with van der Waals surface area (Å²) < 4.78 is 5.46. The Labute approximate surface area is 157 Å². The van der Waals surface area contributed by atoms with E-state index in [1.54, 1.807) is 11.3 Å². The third kappa shape index (κ3) is 5.54. The van der Waals surface area contributed by atoms with Crippen molar-refractivity contribution in [1.82, 2.24) is 10.2 Å². The van der Waals surface area contributed by atoms with E-state index in [2.05, 4.69) is 16.3 Å². The predicted molar refractivity (Wildman–Crippen MR) is 102 cm³/mol. The average molecular weight is 379 g/mol. The molecule has 4 nitrogen and oxygen atoms in total. The number of nitrogens with one attached hydrogen (secondary N) is 1. The van der Waals surface area contributed by atoms with E-state index < -0.39 is 0 Å². The Morgan fingerprint density at radius 2 is 2.00 bits per heavy atom. The van der Waals surface area contributed by atoms with Crippen LogP contribution in [0.15, 0.2) is 41.8 Å². The van der Waals surface area contributed by atoms with Crippen LogP contribution in [0.5, 0.6) is 0 Å². The molecule has 1 N–H and O–H groups in total. The predicted octanol–water partition coefficient (Wildman–Crippen LogP) is 3.52. The Bertz CT molecular complexity index is 655. The van der Waals surface area contributed by atoms with E-state index in [9.17, 15) is 4.79 Å². The van der Waals surface area contributed by atoms with Crippen molar-refractivity contribution in [2.75, 3.05) is 32.8 Å². The maximum Gasteiger partial charge on any atom is 0.220 e. The second kappa shape index (κ2) is 9.34. The lowest BCUT2D eigenvalue weighted by Gasteiger charge is -2.35. The summed E-state index contributed by atoms with van der Waals surface area (Å²) in [5.41, 5.74) is 1.17. The largest absolute Gasteiger partial charge is 0.379 e. The number of ether oxygens (including phenoxy) is 1. The van der Waals surface area contributed by atoms with Gasteiger partial charge in [0.1, 0.15) is 0 Å². The number of nitrogens with zero attached hydrogens (tertiary/aromatic N) is 1. The van der Waals surface area contributed by atoms with Crippen LogP contribution in [0.4, 0.5) is 0 Å². The zero-order valence-electron chi connectivity index (χ0n) is 14.1. The third-order valence-corrected chi connectivity index (χ3v) is 5.60. The van der Waals surface area contributed by atoms with E-state index in [4.69, 9.17) is 16.3 Å². The first-order valence-electron chi connectivity index (χ1n) is 8.59. The summed E-state index contributed by atoms with van der Waals surface area (Å²) in [7, 11) is 0. The Morgan fingerprint density at radius 3 is 2.68 bits per heavy atom. The molecular weight excluding hydrogens is 356 g/mol. The lowest BCUT2D eigenvalue weighted by Crippen LogP contribution is -2.43. The monoisotopic (exact) mass is 378 g/mol. The van der Waals surface area contributed by atoms with Gasteiger partial charge in [0, 0.05) is 36.0 Å². The van der Waals surface area contributed by atoms with Crippen molar-refractivity contribution in [3.05, 3.63) is 57.2 Å². The molecule has 1 aromatic heterocycles. The van der Waals surface area contributed by atoms with E-state index in [1.165, 1.54) is 10.4 Å². The van der Waals surface area contributed by atoms with Gasteiger partial charge < -0.3 is 10.1 Å². The first-order valence-corrected chi connectivity index (χ1v) is 9.84. The van der Waals surface area contributed by atoms with Crippen LogP contribution in [-0.4, -0.2) is 43.7 Å². The second-order valence-corrected chi connectivity index (χ2v) is 7.57. The van der Waals surface area contributed by atoms with Crippen LogP contribution in [0.25, 0.3) is 0 Å². The molecule has 0 aliphatic carbocycles. The molecule has 1 saturated heterocycles. The summed E-state index contributed by atoms with van der Waals surface area (Å²) in [6, 6.07) is 12.1. The van der Waals surface area contributed by atoms with Crippen molar-refractivity contribution < 1.29 is 9.53 Å². The highest BCUT2D eigenvalue weighted by Crippen LogP contribution is 2.23. The number of aryl methyl sites for hydroxylation is 1. The summed E-state index contributed by atoms with van der Waals surface area (Å²) in [4.78, 5) is 15.9.